The quantitative estimate of drug-likeness (QED) is 0.853. The number of aromatic nitrogens is 1. The molecule has 1 aromatic heterocycles. The van der Waals surface area contributed by atoms with E-state index in [-0.39, 0.29) is 5.41 Å². The van der Waals surface area contributed by atoms with E-state index in [1.807, 2.05) is 6.20 Å². The highest BCUT2D eigenvalue weighted by Gasteiger charge is 2.17. The highest BCUT2D eigenvalue weighted by atomic mass is 16.5. The van der Waals surface area contributed by atoms with E-state index in [9.17, 15) is 0 Å². The third-order valence-corrected chi connectivity index (χ3v) is 3.17. The Kier molecular flexibility index (Phi) is 3.67. The van der Waals surface area contributed by atoms with E-state index < -0.39 is 0 Å². The minimum atomic E-state index is 0.148. The molecule has 0 bridgehead atoms. The van der Waals surface area contributed by atoms with Crippen molar-refractivity contribution < 1.29 is 4.74 Å². The van der Waals surface area contributed by atoms with Crippen LogP contribution in [0.4, 0.5) is 0 Å². The van der Waals surface area contributed by atoms with Gasteiger partial charge in [0.05, 0.1) is 0 Å². The van der Waals surface area contributed by atoms with Crippen LogP contribution in [0.25, 0.3) is 0 Å². The molecule has 0 spiro atoms. The van der Waals surface area contributed by atoms with Crippen molar-refractivity contribution in [2.24, 2.45) is 0 Å². The van der Waals surface area contributed by atoms with Crippen LogP contribution in [-0.2, 0) is 5.41 Å². The molecular weight excluding hydrogens is 212 g/mol. The molecule has 3 heteroatoms. The molecule has 0 saturated carbocycles. The number of nitrogens with one attached hydrogen (secondary N) is 1. The maximum Gasteiger partial charge on any atom is 0.213 e. The Morgan fingerprint density at radius 2 is 2.00 bits per heavy atom. The van der Waals surface area contributed by atoms with Crippen molar-refractivity contribution in [3.05, 3.63) is 23.9 Å². The van der Waals surface area contributed by atoms with E-state index in [4.69, 9.17) is 4.74 Å². The first-order valence-electron chi connectivity index (χ1n) is 6.39. The Bertz CT molecular complexity index is 365. The van der Waals surface area contributed by atoms with Crippen molar-refractivity contribution >= 4 is 0 Å². The molecule has 2 rings (SSSR count). The van der Waals surface area contributed by atoms with Gasteiger partial charge in [0.15, 0.2) is 0 Å². The normalized spacial score (nSPS) is 18.1. The van der Waals surface area contributed by atoms with Gasteiger partial charge in [-0.1, -0.05) is 20.8 Å². The molecule has 0 radical (unpaired) electrons. The van der Waals surface area contributed by atoms with Crippen molar-refractivity contribution in [3.8, 4) is 5.88 Å². The molecule has 0 unspecified atom stereocenters. The number of hydrogen-bond donors (Lipinski definition) is 1. The maximum absolute atomic E-state index is 5.94. The lowest BCUT2D eigenvalue weighted by molar-refractivity contribution is 0.155. The van der Waals surface area contributed by atoms with Gasteiger partial charge in [-0.2, -0.15) is 0 Å². The third kappa shape index (κ3) is 3.43. The number of rotatable bonds is 2. The predicted octanol–water partition coefficient (Wildman–Crippen LogP) is 2.51. The van der Waals surface area contributed by atoms with Gasteiger partial charge in [-0.15, -0.1) is 0 Å². The molecule has 1 aromatic rings. The number of piperidine rings is 1. The molecule has 1 fully saturated rings. The van der Waals surface area contributed by atoms with Gasteiger partial charge >= 0.3 is 0 Å². The zero-order valence-electron chi connectivity index (χ0n) is 11.0. The van der Waals surface area contributed by atoms with Crippen LogP contribution in [0.5, 0.6) is 5.88 Å². The molecule has 2 heterocycles. The zero-order valence-corrected chi connectivity index (χ0v) is 11.0. The fourth-order valence-corrected chi connectivity index (χ4v) is 2.02. The fraction of sp³-hybridized carbons (Fsp3) is 0.643. The first-order valence-corrected chi connectivity index (χ1v) is 6.39. The number of hydrogen-bond acceptors (Lipinski definition) is 3. The Balaban J connectivity index is 2.05. The summed E-state index contributed by atoms with van der Waals surface area (Å²) in [5, 5.41) is 3.34. The average molecular weight is 234 g/mol. The van der Waals surface area contributed by atoms with Crippen molar-refractivity contribution in [2.45, 2.75) is 45.1 Å². The number of pyridine rings is 1. The summed E-state index contributed by atoms with van der Waals surface area (Å²) in [5.74, 6) is 0.768. The molecular formula is C14H22N2O. The second kappa shape index (κ2) is 5.05. The van der Waals surface area contributed by atoms with Crippen LogP contribution >= 0.6 is 0 Å². The Hall–Kier alpha value is -1.09. The van der Waals surface area contributed by atoms with Gasteiger partial charge in [0, 0.05) is 12.3 Å². The molecule has 0 aliphatic carbocycles. The second-order valence-electron chi connectivity index (χ2n) is 5.70. The summed E-state index contributed by atoms with van der Waals surface area (Å²) in [6, 6.07) is 4.14. The summed E-state index contributed by atoms with van der Waals surface area (Å²) >= 11 is 0. The van der Waals surface area contributed by atoms with E-state index in [1.165, 1.54) is 5.56 Å². The van der Waals surface area contributed by atoms with Crippen LogP contribution in [-0.4, -0.2) is 24.2 Å². The van der Waals surface area contributed by atoms with E-state index in [0.717, 1.165) is 31.8 Å². The van der Waals surface area contributed by atoms with Crippen molar-refractivity contribution in [2.75, 3.05) is 13.1 Å². The average Bonchev–Trinajstić information content (AvgIpc) is 2.29. The smallest absolute Gasteiger partial charge is 0.213 e. The lowest BCUT2D eigenvalue weighted by Gasteiger charge is -2.24. The minimum Gasteiger partial charge on any atom is -0.474 e. The standard InChI is InChI=1S/C14H22N2O/c1-14(2,3)11-4-9-16-13(10-11)17-12-5-7-15-8-6-12/h4,9-10,12,15H,5-8H2,1-3H3. The SMILES string of the molecule is CC(C)(C)c1ccnc(OC2CCNCC2)c1. The molecule has 3 nitrogen and oxygen atoms in total. The van der Waals surface area contributed by atoms with Crippen molar-refractivity contribution in [3.63, 3.8) is 0 Å². The summed E-state index contributed by atoms with van der Waals surface area (Å²) in [6.07, 6.45) is 4.30. The molecule has 17 heavy (non-hydrogen) atoms. The van der Waals surface area contributed by atoms with Crippen LogP contribution < -0.4 is 10.1 Å². The Labute approximate surface area is 104 Å². The lowest BCUT2D eigenvalue weighted by Crippen LogP contribution is -2.34. The zero-order chi connectivity index (χ0) is 12.3. The monoisotopic (exact) mass is 234 g/mol. The molecule has 0 amide bonds. The van der Waals surface area contributed by atoms with Crippen molar-refractivity contribution in [1.82, 2.24) is 10.3 Å². The summed E-state index contributed by atoms with van der Waals surface area (Å²) < 4.78 is 5.94. The first-order chi connectivity index (χ1) is 8.05. The minimum absolute atomic E-state index is 0.148. The molecule has 94 valence electrons. The molecule has 1 aliphatic heterocycles. The van der Waals surface area contributed by atoms with Gasteiger partial charge in [0.1, 0.15) is 6.10 Å². The Morgan fingerprint density at radius 1 is 1.29 bits per heavy atom. The summed E-state index contributed by atoms with van der Waals surface area (Å²) in [4.78, 5) is 4.30. The molecule has 1 aliphatic rings. The second-order valence-corrected chi connectivity index (χ2v) is 5.70. The van der Waals surface area contributed by atoms with Crippen LogP contribution in [0.1, 0.15) is 39.2 Å². The summed E-state index contributed by atoms with van der Waals surface area (Å²) in [7, 11) is 0. The maximum atomic E-state index is 5.94. The predicted molar refractivity (Wildman–Crippen MR) is 69.5 cm³/mol. The summed E-state index contributed by atoms with van der Waals surface area (Å²) in [6.45, 7) is 8.71. The van der Waals surface area contributed by atoms with Gasteiger partial charge in [-0.05, 0) is 43.0 Å². The van der Waals surface area contributed by atoms with E-state index >= 15 is 0 Å². The fourth-order valence-electron chi connectivity index (χ4n) is 2.02. The largest absolute Gasteiger partial charge is 0.474 e. The summed E-state index contributed by atoms with van der Waals surface area (Å²) in [5.41, 5.74) is 1.42. The van der Waals surface area contributed by atoms with Gasteiger partial charge < -0.3 is 10.1 Å². The van der Waals surface area contributed by atoms with Crippen LogP contribution in [0.2, 0.25) is 0 Å². The van der Waals surface area contributed by atoms with Gasteiger partial charge in [0.25, 0.3) is 0 Å². The van der Waals surface area contributed by atoms with Gasteiger partial charge in [-0.3, -0.25) is 0 Å². The van der Waals surface area contributed by atoms with Gasteiger partial charge in [-0.25, -0.2) is 4.98 Å². The van der Waals surface area contributed by atoms with E-state index in [1.54, 1.807) is 0 Å². The van der Waals surface area contributed by atoms with E-state index in [2.05, 4.69) is 43.2 Å². The molecule has 0 atom stereocenters. The third-order valence-electron chi connectivity index (χ3n) is 3.17. The van der Waals surface area contributed by atoms with Gasteiger partial charge in [0.2, 0.25) is 5.88 Å². The number of ether oxygens (including phenoxy) is 1. The topological polar surface area (TPSA) is 34.1 Å². The van der Waals surface area contributed by atoms with Crippen LogP contribution in [0, 0.1) is 0 Å². The molecule has 0 aromatic carbocycles. The highest BCUT2D eigenvalue weighted by Crippen LogP contribution is 2.25. The number of nitrogens with zero attached hydrogens (tertiary/aromatic N) is 1. The van der Waals surface area contributed by atoms with Crippen LogP contribution in [0.3, 0.4) is 0 Å². The first kappa shape index (κ1) is 12.4. The Morgan fingerprint density at radius 3 is 2.65 bits per heavy atom. The van der Waals surface area contributed by atoms with Crippen LogP contribution in [0.15, 0.2) is 18.3 Å². The molecule has 1 N–H and O–H groups in total. The van der Waals surface area contributed by atoms with Crippen molar-refractivity contribution in [1.29, 1.82) is 0 Å². The highest BCUT2D eigenvalue weighted by molar-refractivity contribution is 5.26. The van der Waals surface area contributed by atoms with E-state index in [0.29, 0.717) is 6.10 Å². The molecule has 1 saturated heterocycles. The lowest BCUT2D eigenvalue weighted by atomic mass is 9.88.